The van der Waals surface area contributed by atoms with E-state index in [1.807, 2.05) is 91.0 Å². The van der Waals surface area contributed by atoms with Gasteiger partial charge in [0.25, 0.3) is 0 Å². The number of aryl methyl sites for hydroxylation is 1. The molecule has 4 aromatic rings. The Morgan fingerprint density at radius 3 is 2.25 bits per heavy atom. The number of amides is 3. The van der Waals surface area contributed by atoms with Gasteiger partial charge in [-0.1, -0.05) is 115 Å². The van der Waals surface area contributed by atoms with Gasteiger partial charge in [0.05, 0.1) is 17.6 Å². The smallest absolute Gasteiger partial charge is 0.416 e. The summed E-state index contributed by atoms with van der Waals surface area (Å²) in [5.41, 5.74) is 2.37. The van der Waals surface area contributed by atoms with Gasteiger partial charge in [0.15, 0.2) is 0 Å². The minimum Gasteiger partial charge on any atom is -0.447 e. The number of alkyl halides is 3. The van der Waals surface area contributed by atoms with Gasteiger partial charge in [-0.3, -0.25) is 14.5 Å². The topological polar surface area (TPSA) is 79.0 Å². The normalized spacial score (nSPS) is 19.5. The van der Waals surface area contributed by atoms with Gasteiger partial charge < -0.3 is 15.0 Å². The molecule has 1 N–H and O–H groups in total. The SMILES string of the molecule is O=C(NCc1cccc(C(F)(F)F)c1)[C@H](CCSCCc1ccccc1)N1C(=O)[C@@H](N2C(=O)OC[C@@H]2c2ccccc2)[C@H]1/C=C/c1ccccc1. The molecule has 2 aliphatic heterocycles. The van der Waals surface area contributed by atoms with Crippen molar-refractivity contribution in [1.82, 2.24) is 15.1 Å². The Labute approximate surface area is 299 Å². The molecule has 0 radical (unpaired) electrons. The number of halogens is 3. The molecule has 3 amide bonds. The molecular weight excluding hydrogens is 676 g/mol. The number of carbonyl (C=O) groups is 3. The molecule has 2 heterocycles. The van der Waals surface area contributed by atoms with Crippen LogP contribution in [-0.4, -0.2) is 63.9 Å². The number of rotatable bonds is 14. The summed E-state index contributed by atoms with van der Waals surface area (Å²) in [5, 5.41) is 2.80. The summed E-state index contributed by atoms with van der Waals surface area (Å²) < 4.78 is 45.7. The Bertz CT molecular complexity index is 1830. The highest BCUT2D eigenvalue weighted by molar-refractivity contribution is 7.99. The van der Waals surface area contributed by atoms with E-state index < -0.39 is 53.8 Å². The lowest BCUT2D eigenvalue weighted by Crippen LogP contribution is -2.74. The van der Waals surface area contributed by atoms with Crippen LogP contribution >= 0.6 is 11.8 Å². The zero-order valence-electron chi connectivity index (χ0n) is 27.7. The number of benzene rings is 4. The quantitative estimate of drug-likeness (QED) is 0.108. The summed E-state index contributed by atoms with van der Waals surface area (Å²) >= 11 is 1.66. The van der Waals surface area contributed by atoms with Crippen LogP contribution in [0.5, 0.6) is 0 Å². The van der Waals surface area contributed by atoms with E-state index in [-0.39, 0.29) is 18.7 Å². The molecular formula is C40H38F3N3O4S. The predicted molar refractivity (Wildman–Crippen MR) is 191 cm³/mol. The number of hydrogen-bond acceptors (Lipinski definition) is 5. The van der Waals surface area contributed by atoms with Gasteiger partial charge in [0.2, 0.25) is 11.8 Å². The second-order valence-corrected chi connectivity index (χ2v) is 13.7. The van der Waals surface area contributed by atoms with Gasteiger partial charge >= 0.3 is 12.3 Å². The van der Waals surface area contributed by atoms with Crippen molar-refractivity contribution >= 4 is 35.7 Å². The molecule has 51 heavy (non-hydrogen) atoms. The van der Waals surface area contributed by atoms with E-state index in [2.05, 4.69) is 17.4 Å². The molecule has 6 rings (SSSR count). The maximum atomic E-state index is 14.3. The molecule has 264 valence electrons. The Hall–Kier alpha value is -5.03. The lowest BCUT2D eigenvalue weighted by Gasteiger charge is -2.52. The number of ether oxygens (including phenoxy) is 1. The van der Waals surface area contributed by atoms with E-state index in [9.17, 15) is 27.6 Å². The first-order valence-corrected chi connectivity index (χ1v) is 18.0. The Balaban J connectivity index is 1.26. The van der Waals surface area contributed by atoms with E-state index in [0.717, 1.165) is 35.4 Å². The van der Waals surface area contributed by atoms with Crippen LogP contribution in [0.2, 0.25) is 0 Å². The van der Waals surface area contributed by atoms with Crippen LogP contribution in [0.25, 0.3) is 6.08 Å². The highest BCUT2D eigenvalue weighted by Gasteiger charge is 2.57. The predicted octanol–water partition coefficient (Wildman–Crippen LogP) is 7.54. The molecule has 4 atom stereocenters. The molecule has 0 bridgehead atoms. The summed E-state index contributed by atoms with van der Waals surface area (Å²) in [6.07, 6.45) is -0.294. The number of nitrogens with zero attached hydrogens (tertiary/aromatic N) is 2. The molecule has 0 aromatic heterocycles. The third kappa shape index (κ3) is 8.65. The molecule has 0 spiro atoms. The Kier molecular flexibility index (Phi) is 11.5. The van der Waals surface area contributed by atoms with Crippen LogP contribution in [0.3, 0.4) is 0 Å². The molecule has 2 fully saturated rings. The fourth-order valence-corrected chi connectivity index (χ4v) is 7.47. The van der Waals surface area contributed by atoms with Crippen molar-refractivity contribution < 1.29 is 32.3 Å². The minimum absolute atomic E-state index is 0.0840. The first-order valence-electron chi connectivity index (χ1n) is 16.8. The standard InChI is InChI=1S/C40H38F3N3O4S/c41-40(42,43)32-18-10-15-30(25-32)26-44-37(47)34(22-24-51-23-21-29-13-6-2-7-14-29)45-33(20-19-28-11-4-1-5-12-28)36(38(45)48)46-35(27-50-39(46)49)31-16-8-3-9-17-31/h1-20,25,33-36H,21-24,26-27H2,(H,44,47)/b20-19+/t33-,34+,35-,36+/m1/s1. The lowest BCUT2D eigenvalue weighted by atomic mass is 9.87. The Morgan fingerprint density at radius 2 is 1.55 bits per heavy atom. The zero-order chi connectivity index (χ0) is 35.8. The van der Waals surface area contributed by atoms with Crippen LogP contribution in [0.4, 0.5) is 18.0 Å². The average molecular weight is 714 g/mol. The first kappa shape index (κ1) is 35.8. The fraction of sp³-hybridized carbons (Fsp3) is 0.275. The van der Waals surface area contributed by atoms with Crippen molar-refractivity contribution in [3.63, 3.8) is 0 Å². The first-order chi connectivity index (χ1) is 24.7. The maximum absolute atomic E-state index is 14.3. The minimum atomic E-state index is -4.52. The summed E-state index contributed by atoms with van der Waals surface area (Å²) in [7, 11) is 0. The second kappa shape index (κ2) is 16.3. The molecule has 11 heteroatoms. The van der Waals surface area contributed by atoms with E-state index >= 15 is 0 Å². The number of β-lactam (4-membered cyclic amide) rings is 1. The fourth-order valence-electron chi connectivity index (χ4n) is 6.50. The van der Waals surface area contributed by atoms with Gasteiger partial charge in [-0.2, -0.15) is 24.9 Å². The number of thioether (sulfide) groups is 1. The summed E-state index contributed by atoms with van der Waals surface area (Å²) in [5.74, 6) is 0.473. The van der Waals surface area contributed by atoms with E-state index in [1.54, 1.807) is 11.8 Å². The number of hydrogen-bond donors (Lipinski definition) is 1. The van der Waals surface area contributed by atoms with Crippen LogP contribution in [0.15, 0.2) is 121 Å². The van der Waals surface area contributed by atoms with Crippen LogP contribution in [-0.2, 0) is 33.5 Å². The lowest BCUT2D eigenvalue weighted by molar-refractivity contribution is -0.162. The maximum Gasteiger partial charge on any atom is 0.416 e. The molecule has 0 unspecified atom stereocenters. The molecule has 2 aliphatic rings. The molecule has 2 saturated heterocycles. The zero-order valence-corrected chi connectivity index (χ0v) is 28.6. The van der Waals surface area contributed by atoms with Gasteiger partial charge in [-0.05, 0) is 58.7 Å². The third-order valence-corrected chi connectivity index (χ3v) is 10.1. The number of cyclic esters (lactones) is 1. The van der Waals surface area contributed by atoms with Crippen molar-refractivity contribution in [1.29, 1.82) is 0 Å². The van der Waals surface area contributed by atoms with Crippen LogP contribution in [0.1, 0.15) is 40.3 Å². The Morgan fingerprint density at radius 1 is 0.882 bits per heavy atom. The van der Waals surface area contributed by atoms with E-state index in [4.69, 9.17) is 4.74 Å². The van der Waals surface area contributed by atoms with E-state index in [1.165, 1.54) is 27.5 Å². The number of nitrogens with one attached hydrogen (secondary N) is 1. The van der Waals surface area contributed by atoms with Gasteiger partial charge in [-0.15, -0.1) is 0 Å². The third-order valence-electron chi connectivity index (χ3n) is 9.11. The summed E-state index contributed by atoms with van der Waals surface area (Å²) in [6, 6.07) is 30.7. The summed E-state index contributed by atoms with van der Waals surface area (Å²) in [6.45, 7) is -0.0639. The van der Waals surface area contributed by atoms with Gasteiger partial charge in [0.1, 0.15) is 18.7 Å². The molecule has 7 nitrogen and oxygen atoms in total. The molecule has 0 aliphatic carbocycles. The molecule has 0 saturated carbocycles. The number of carbonyl (C=O) groups excluding carboxylic acids is 3. The van der Waals surface area contributed by atoms with Crippen molar-refractivity contribution in [3.05, 3.63) is 149 Å². The van der Waals surface area contributed by atoms with Gasteiger partial charge in [-0.25, -0.2) is 4.79 Å². The second-order valence-electron chi connectivity index (χ2n) is 12.4. The monoisotopic (exact) mass is 713 g/mol. The van der Waals surface area contributed by atoms with Crippen molar-refractivity contribution in [2.24, 2.45) is 0 Å². The largest absolute Gasteiger partial charge is 0.447 e. The highest BCUT2D eigenvalue weighted by atomic mass is 32.2. The summed E-state index contributed by atoms with van der Waals surface area (Å²) in [4.78, 5) is 44.5. The van der Waals surface area contributed by atoms with Crippen molar-refractivity contribution in [2.75, 3.05) is 18.1 Å². The van der Waals surface area contributed by atoms with E-state index in [0.29, 0.717) is 12.2 Å². The van der Waals surface area contributed by atoms with Crippen molar-refractivity contribution in [3.8, 4) is 0 Å². The number of likely N-dealkylation sites (tertiary alicyclic amines) is 1. The van der Waals surface area contributed by atoms with Gasteiger partial charge in [0, 0.05) is 6.54 Å². The molecule has 4 aromatic carbocycles. The van der Waals surface area contributed by atoms with Crippen LogP contribution in [0, 0.1) is 0 Å². The average Bonchev–Trinajstić information content (AvgIpc) is 3.52. The van der Waals surface area contributed by atoms with Crippen molar-refractivity contribution in [2.45, 2.75) is 49.7 Å². The van der Waals surface area contributed by atoms with Crippen LogP contribution < -0.4 is 5.32 Å². The highest BCUT2D eigenvalue weighted by Crippen LogP contribution is 2.39.